The fourth-order valence-corrected chi connectivity index (χ4v) is 6.95. The summed E-state index contributed by atoms with van der Waals surface area (Å²) >= 11 is 0. The summed E-state index contributed by atoms with van der Waals surface area (Å²) in [7, 11) is 4.38. The van der Waals surface area contributed by atoms with Crippen LogP contribution in [0.15, 0.2) is 46.0 Å². The second-order valence-electron chi connectivity index (χ2n) is 16.7. The first kappa shape index (κ1) is 47.2. The predicted octanol–water partition coefficient (Wildman–Crippen LogP) is 2.52. The quantitative estimate of drug-likeness (QED) is 0.278. The number of nitrogens with one attached hydrogen (secondary N) is 4. The molecule has 8 atom stereocenters. The van der Waals surface area contributed by atoms with E-state index in [0.717, 1.165) is 0 Å². The van der Waals surface area contributed by atoms with Crippen molar-refractivity contribution in [1.82, 2.24) is 36.0 Å². The number of carbonyl (C=O) groups excluding carboxylic acids is 7. The zero-order valence-electron chi connectivity index (χ0n) is 36.2. The Labute approximate surface area is 342 Å². The Bertz CT molecular complexity index is 1710. The third kappa shape index (κ3) is 11.9. The van der Waals surface area contributed by atoms with Gasteiger partial charge in [0.1, 0.15) is 42.3 Å². The largest absolute Gasteiger partial charge is 0.472 e. The Morgan fingerprint density at radius 3 is 1.48 bits per heavy atom. The van der Waals surface area contributed by atoms with Gasteiger partial charge in [-0.2, -0.15) is 0 Å². The second-order valence-corrected chi connectivity index (χ2v) is 16.7. The molecule has 7 amide bonds. The number of likely N-dealkylation sites (N-methyl/N-ethyl adjacent to an activating group) is 3. The number of furan rings is 2. The Morgan fingerprint density at radius 1 is 0.586 bits per heavy atom. The first-order valence-corrected chi connectivity index (χ1v) is 20.2. The molecular formula is C42H65N7O9. The number of nitrogens with zero attached hydrogens (tertiary/aromatic N) is 3. The summed E-state index contributed by atoms with van der Waals surface area (Å²) in [5, 5.41) is 11.4. The first-order chi connectivity index (χ1) is 27.2. The highest BCUT2D eigenvalue weighted by atomic mass is 16.3. The van der Waals surface area contributed by atoms with Gasteiger partial charge in [-0.05, 0) is 60.3 Å². The van der Waals surface area contributed by atoms with Crippen LogP contribution >= 0.6 is 0 Å². The van der Waals surface area contributed by atoms with Crippen LogP contribution in [0.1, 0.15) is 86.3 Å². The van der Waals surface area contributed by atoms with Gasteiger partial charge < -0.3 is 44.8 Å². The van der Waals surface area contributed by atoms with Crippen LogP contribution in [0, 0.1) is 23.7 Å². The minimum absolute atomic E-state index is 0.0300. The van der Waals surface area contributed by atoms with Crippen molar-refractivity contribution in [2.24, 2.45) is 23.7 Å². The van der Waals surface area contributed by atoms with Crippen molar-refractivity contribution in [1.29, 1.82) is 0 Å². The monoisotopic (exact) mass is 811 g/mol. The molecule has 3 heterocycles. The Balaban J connectivity index is 2.21. The molecule has 4 N–H and O–H groups in total. The minimum Gasteiger partial charge on any atom is -0.472 e. The Kier molecular flexibility index (Phi) is 17.1. The van der Waals surface area contributed by atoms with Gasteiger partial charge >= 0.3 is 0 Å². The molecule has 3 rings (SSSR count). The van der Waals surface area contributed by atoms with Gasteiger partial charge in [-0.3, -0.25) is 33.6 Å². The van der Waals surface area contributed by atoms with Crippen LogP contribution in [-0.2, 0) is 46.4 Å². The van der Waals surface area contributed by atoms with Crippen LogP contribution in [-0.4, -0.2) is 119 Å². The Hall–Kier alpha value is -5.15. The lowest BCUT2D eigenvalue weighted by Gasteiger charge is -2.36. The zero-order valence-corrected chi connectivity index (χ0v) is 36.2. The van der Waals surface area contributed by atoms with E-state index in [9.17, 15) is 33.6 Å². The van der Waals surface area contributed by atoms with E-state index in [1.165, 1.54) is 60.9 Å². The highest BCUT2D eigenvalue weighted by Crippen LogP contribution is 2.19. The molecule has 0 bridgehead atoms. The maximum Gasteiger partial charge on any atom is 0.245 e. The molecule has 0 unspecified atom stereocenters. The third-order valence-electron chi connectivity index (χ3n) is 11.1. The van der Waals surface area contributed by atoms with Gasteiger partial charge in [-0.1, -0.05) is 61.8 Å². The molecule has 1 aliphatic rings. The third-order valence-corrected chi connectivity index (χ3v) is 11.1. The molecule has 58 heavy (non-hydrogen) atoms. The molecule has 1 saturated heterocycles. The van der Waals surface area contributed by atoms with Crippen molar-refractivity contribution in [2.75, 3.05) is 21.1 Å². The van der Waals surface area contributed by atoms with Crippen LogP contribution in [0.3, 0.4) is 0 Å². The zero-order chi connectivity index (χ0) is 43.6. The summed E-state index contributed by atoms with van der Waals surface area (Å²) in [5.41, 5.74) is 1.24. The van der Waals surface area contributed by atoms with Gasteiger partial charge in [0, 0.05) is 34.0 Å². The van der Waals surface area contributed by atoms with Crippen LogP contribution in [0.4, 0.5) is 0 Å². The van der Waals surface area contributed by atoms with Crippen molar-refractivity contribution in [3.05, 3.63) is 48.3 Å². The van der Waals surface area contributed by atoms with E-state index >= 15 is 0 Å². The van der Waals surface area contributed by atoms with Crippen molar-refractivity contribution in [3.8, 4) is 0 Å². The molecule has 0 aliphatic carbocycles. The second kappa shape index (κ2) is 21.0. The van der Waals surface area contributed by atoms with Crippen LogP contribution in [0.2, 0.25) is 0 Å². The molecule has 0 saturated carbocycles. The number of hydrogen-bond donors (Lipinski definition) is 4. The molecule has 0 spiro atoms. The van der Waals surface area contributed by atoms with E-state index in [0.29, 0.717) is 17.5 Å². The van der Waals surface area contributed by atoms with E-state index in [2.05, 4.69) is 21.3 Å². The van der Waals surface area contributed by atoms with E-state index < -0.39 is 101 Å². The summed E-state index contributed by atoms with van der Waals surface area (Å²) in [6.07, 6.45) is 6.58. The van der Waals surface area contributed by atoms with Crippen LogP contribution in [0.25, 0.3) is 0 Å². The van der Waals surface area contributed by atoms with Gasteiger partial charge in [0.25, 0.3) is 0 Å². The number of hydrogen-bond acceptors (Lipinski definition) is 9. The number of rotatable bonds is 10. The maximum atomic E-state index is 14.4. The first-order valence-electron chi connectivity index (χ1n) is 20.2. The molecule has 0 aromatic carbocycles. The van der Waals surface area contributed by atoms with Gasteiger partial charge in [0.15, 0.2) is 0 Å². The lowest BCUT2D eigenvalue weighted by atomic mass is 9.95. The topological polar surface area (TPSA) is 204 Å². The minimum atomic E-state index is -1.15. The van der Waals surface area contributed by atoms with Crippen molar-refractivity contribution < 1.29 is 42.4 Å². The standard InChI is InChI=1S/C42H65N7O9/c1-13-26(8)35-39(53)44-33(24(4)5)38(52)45-34(25(6)7)42(56)49(12)31(19-28-14-16-57-21-28)36(50)43-30(18-23(2)3)41(55)47(10)27(9)40(54)48(11)32(37(51)46-35)20-29-15-17-58-22-29/h14-17,21-27,30-35H,13,18-20H2,1-12H3,(H,43,50)(H,44,53)(H,45,52)(H,46,51)/t26-,27+,30+,31+,32+,33+,34+,35+/m0/s1. The van der Waals surface area contributed by atoms with E-state index in [4.69, 9.17) is 8.83 Å². The molecule has 16 heteroatoms. The van der Waals surface area contributed by atoms with Gasteiger partial charge in [-0.15, -0.1) is 0 Å². The van der Waals surface area contributed by atoms with Crippen LogP contribution < -0.4 is 21.3 Å². The molecular weight excluding hydrogens is 747 g/mol. The fraction of sp³-hybridized carbons (Fsp3) is 0.643. The normalized spacial score (nSPS) is 26.1. The molecule has 0 radical (unpaired) electrons. The van der Waals surface area contributed by atoms with Crippen molar-refractivity contribution in [3.63, 3.8) is 0 Å². The average Bonchev–Trinajstić information content (AvgIpc) is 3.90. The van der Waals surface area contributed by atoms with Gasteiger partial charge in [0.05, 0.1) is 25.1 Å². The van der Waals surface area contributed by atoms with Gasteiger partial charge in [0.2, 0.25) is 41.4 Å². The molecule has 16 nitrogen and oxygen atoms in total. The molecule has 1 aliphatic heterocycles. The SMILES string of the molecule is CC[C@H](C)[C@H]1NC(=O)[C@@H](Cc2ccoc2)N(C)C(=O)[C@@H](C)N(C)C(=O)[C@@H](CC(C)C)NC(=O)[C@@H](Cc2ccoc2)N(C)C(=O)[C@@H](C(C)C)NC(=O)[C@@H](C(C)C)NC1=O. The smallest absolute Gasteiger partial charge is 0.245 e. The molecule has 2 aromatic heterocycles. The highest BCUT2D eigenvalue weighted by molar-refractivity contribution is 5.98. The highest BCUT2D eigenvalue weighted by Gasteiger charge is 2.41. The van der Waals surface area contributed by atoms with E-state index in [-0.39, 0.29) is 25.2 Å². The molecule has 2 aromatic rings. The summed E-state index contributed by atoms with van der Waals surface area (Å²) in [6, 6.07) is -4.46. The maximum absolute atomic E-state index is 14.4. The lowest BCUT2D eigenvalue weighted by molar-refractivity contribution is -0.149. The van der Waals surface area contributed by atoms with E-state index in [1.807, 2.05) is 20.8 Å². The number of carbonyl (C=O) groups is 7. The summed E-state index contributed by atoms with van der Waals surface area (Å²) < 4.78 is 10.5. The fourth-order valence-electron chi connectivity index (χ4n) is 6.95. The van der Waals surface area contributed by atoms with Crippen molar-refractivity contribution >= 4 is 41.4 Å². The lowest BCUT2D eigenvalue weighted by Crippen LogP contribution is -2.62. The van der Waals surface area contributed by atoms with Gasteiger partial charge in [-0.25, -0.2) is 0 Å². The average molecular weight is 812 g/mol. The summed E-state index contributed by atoms with van der Waals surface area (Å²) in [4.78, 5) is 103. The summed E-state index contributed by atoms with van der Waals surface area (Å²) in [6.45, 7) is 16.0. The molecule has 322 valence electrons. The molecule has 1 fully saturated rings. The summed E-state index contributed by atoms with van der Waals surface area (Å²) in [5.74, 6) is -5.51. The number of amides is 7. The van der Waals surface area contributed by atoms with E-state index in [1.54, 1.807) is 53.7 Å². The Morgan fingerprint density at radius 2 is 1.03 bits per heavy atom. The van der Waals surface area contributed by atoms with Crippen molar-refractivity contribution in [2.45, 2.75) is 130 Å². The van der Waals surface area contributed by atoms with Crippen LogP contribution in [0.5, 0.6) is 0 Å². The predicted molar refractivity (Wildman–Crippen MR) is 216 cm³/mol.